The molecule has 0 aromatic rings. The number of aliphatic imine (C=N–C) groups is 2. The molecule has 2 fully saturated rings. The fourth-order valence-electron chi connectivity index (χ4n) is 4.32. The molecule has 0 N–H and O–H groups in total. The Balaban J connectivity index is 1.86. The molecule has 0 atom stereocenters. The molecule has 3 aliphatic rings. The van der Waals surface area contributed by atoms with Gasteiger partial charge in [0, 0.05) is 18.1 Å². The fourth-order valence-corrected chi connectivity index (χ4v) is 4.32. The van der Waals surface area contributed by atoms with Gasteiger partial charge in [-0.3, -0.25) is 9.98 Å². The first-order valence-electron chi connectivity index (χ1n) is 7.93. The zero-order valence-corrected chi connectivity index (χ0v) is 11.7. The van der Waals surface area contributed by atoms with E-state index in [9.17, 15) is 0 Å². The molecule has 100 valence electrons. The van der Waals surface area contributed by atoms with Crippen LogP contribution in [0.5, 0.6) is 0 Å². The molecule has 2 nitrogen and oxygen atoms in total. The lowest BCUT2D eigenvalue weighted by molar-refractivity contribution is 0.118. The highest BCUT2D eigenvalue weighted by atomic mass is 15.1. The molecule has 0 spiro atoms. The average molecular weight is 246 g/mol. The topological polar surface area (TPSA) is 24.7 Å². The first-order chi connectivity index (χ1) is 8.81. The number of hydrogen-bond acceptors (Lipinski definition) is 2. The van der Waals surface area contributed by atoms with Crippen LogP contribution >= 0.6 is 0 Å². The first-order valence-corrected chi connectivity index (χ1v) is 7.93. The second-order valence-electron chi connectivity index (χ2n) is 6.46. The molecule has 2 aliphatic carbocycles. The highest BCUT2D eigenvalue weighted by Crippen LogP contribution is 2.47. The molecule has 1 heterocycles. The van der Waals surface area contributed by atoms with Crippen molar-refractivity contribution in [1.29, 1.82) is 0 Å². The van der Waals surface area contributed by atoms with Crippen molar-refractivity contribution in [3.63, 3.8) is 0 Å². The third-order valence-corrected chi connectivity index (χ3v) is 5.23. The first kappa shape index (κ1) is 12.4. The monoisotopic (exact) mass is 246 g/mol. The van der Waals surface area contributed by atoms with Crippen LogP contribution in [0.1, 0.15) is 71.1 Å². The Morgan fingerprint density at radius 2 is 1.39 bits per heavy atom. The lowest BCUT2D eigenvalue weighted by Gasteiger charge is -2.42. The van der Waals surface area contributed by atoms with Gasteiger partial charge in [0.05, 0.1) is 5.71 Å². The minimum Gasteiger partial charge on any atom is -0.261 e. The van der Waals surface area contributed by atoms with Gasteiger partial charge >= 0.3 is 0 Å². The Morgan fingerprint density at radius 1 is 0.889 bits per heavy atom. The lowest BCUT2D eigenvalue weighted by Crippen LogP contribution is -2.42. The predicted octanol–water partition coefficient (Wildman–Crippen LogP) is 4.39. The van der Waals surface area contributed by atoms with Crippen LogP contribution < -0.4 is 0 Å². The zero-order chi connectivity index (χ0) is 12.4. The van der Waals surface area contributed by atoms with Crippen LogP contribution in [0.15, 0.2) is 9.98 Å². The molecule has 0 bridgehead atoms. The summed E-state index contributed by atoms with van der Waals surface area (Å²) in [4.78, 5) is 10.0. The Bertz CT molecular complexity index is 326. The number of nitrogens with zero attached hydrogens (tertiary/aromatic N) is 2. The van der Waals surface area contributed by atoms with E-state index in [0.29, 0.717) is 0 Å². The molecule has 0 radical (unpaired) electrons. The molecule has 0 aromatic carbocycles. The van der Waals surface area contributed by atoms with Gasteiger partial charge in [0.15, 0.2) is 5.66 Å². The summed E-state index contributed by atoms with van der Waals surface area (Å²) >= 11 is 0. The molecule has 3 rings (SSSR count). The van der Waals surface area contributed by atoms with Gasteiger partial charge in [0.1, 0.15) is 0 Å². The Kier molecular flexibility index (Phi) is 3.54. The molecule has 2 saturated carbocycles. The summed E-state index contributed by atoms with van der Waals surface area (Å²) in [7, 11) is 0. The quantitative estimate of drug-likeness (QED) is 0.690. The third kappa shape index (κ3) is 2.15. The van der Waals surface area contributed by atoms with E-state index in [2.05, 4.69) is 6.92 Å². The second-order valence-corrected chi connectivity index (χ2v) is 6.46. The molecule has 1 aliphatic heterocycles. The maximum atomic E-state index is 5.06. The molecule has 0 amide bonds. The standard InChI is InChI=1S/C16H26N2/c1-13-12-17-16(18-13,14-8-4-2-5-9-14)15-10-6-3-7-11-15/h12,14-15H,2-11H2,1H3. The summed E-state index contributed by atoms with van der Waals surface area (Å²) in [6, 6.07) is 0. The van der Waals surface area contributed by atoms with Gasteiger partial charge in [0.25, 0.3) is 0 Å². The highest BCUT2D eigenvalue weighted by Gasteiger charge is 2.46. The Labute approximate surface area is 111 Å². The molecule has 2 heteroatoms. The van der Waals surface area contributed by atoms with Crippen LogP contribution in [0.4, 0.5) is 0 Å². The smallest absolute Gasteiger partial charge is 0.156 e. The normalized spacial score (nSPS) is 29.5. The minimum atomic E-state index is -0.0368. The second kappa shape index (κ2) is 5.14. The Morgan fingerprint density at radius 3 is 1.78 bits per heavy atom. The van der Waals surface area contributed by atoms with Gasteiger partial charge < -0.3 is 0 Å². The SMILES string of the molecule is CC1=NC(C2CCCCC2)(C2CCCCC2)N=C1. The van der Waals surface area contributed by atoms with Crippen LogP contribution in [-0.2, 0) is 0 Å². The molecule has 18 heavy (non-hydrogen) atoms. The molecular weight excluding hydrogens is 220 g/mol. The van der Waals surface area contributed by atoms with Crippen molar-refractivity contribution in [2.75, 3.05) is 0 Å². The predicted molar refractivity (Wildman–Crippen MR) is 77.5 cm³/mol. The summed E-state index contributed by atoms with van der Waals surface area (Å²) in [6.07, 6.45) is 15.9. The lowest BCUT2D eigenvalue weighted by atomic mass is 9.70. The number of hydrogen-bond donors (Lipinski definition) is 0. The van der Waals surface area contributed by atoms with E-state index in [1.807, 2.05) is 6.21 Å². The van der Waals surface area contributed by atoms with Crippen LogP contribution in [0, 0.1) is 11.8 Å². The zero-order valence-electron chi connectivity index (χ0n) is 11.7. The summed E-state index contributed by atoms with van der Waals surface area (Å²) in [5.41, 5.74) is 1.12. The Hall–Kier alpha value is -0.660. The van der Waals surface area contributed by atoms with E-state index < -0.39 is 0 Å². The van der Waals surface area contributed by atoms with Crippen molar-refractivity contribution < 1.29 is 0 Å². The molecule has 0 saturated heterocycles. The van der Waals surface area contributed by atoms with Crippen molar-refractivity contribution in [3.8, 4) is 0 Å². The minimum absolute atomic E-state index is 0.0368. The van der Waals surface area contributed by atoms with Crippen LogP contribution in [0.3, 0.4) is 0 Å². The van der Waals surface area contributed by atoms with Gasteiger partial charge in [0.2, 0.25) is 0 Å². The summed E-state index contributed by atoms with van der Waals surface area (Å²) < 4.78 is 0. The van der Waals surface area contributed by atoms with Crippen molar-refractivity contribution in [2.45, 2.75) is 76.8 Å². The summed E-state index contributed by atoms with van der Waals surface area (Å²) in [6.45, 7) is 2.12. The van der Waals surface area contributed by atoms with Gasteiger partial charge in [-0.05, 0) is 32.6 Å². The van der Waals surface area contributed by atoms with E-state index in [4.69, 9.17) is 9.98 Å². The maximum Gasteiger partial charge on any atom is 0.156 e. The van der Waals surface area contributed by atoms with Crippen molar-refractivity contribution in [1.82, 2.24) is 0 Å². The summed E-state index contributed by atoms with van der Waals surface area (Å²) in [5, 5.41) is 0. The maximum absolute atomic E-state index is 5.06. The van der Waals surface area contributed by atoms with Crippen molar-refractivity contribution in [3.05, 3.63) is 0 Å². The van der Waals surface area contributed by atoms with E-state index >= 15 is 0 Å². The van der Waals surface area contributed by atoms with Crippen molar-refractivity contribution >= 4 is 11.9 Å². The number of rotatable bonds is 2. The van der Waals surface area contributed by atoms with Crippen LogP contribution in [-0.4, -0.2) is 17.6 Å². The third-order valence-electron chi connectivity index (χ3n) is 5.23. The van der Waals surface area contributed by atoms with Crippen LogP contribution in [0.2, 0.25) is 0 Å². The van der Waals surface area contributed by atoms with E-state index in [0.717, 1.165) is 17.5 Å². The fraction of sp³-hybridized carbons (Fsp3) is 0.875. The van der Waals surface area contributed by atoms with E-state index in [-0.39, 0.29) is 5.66 Å². The largest absolute Gasteiger partial charge is 0.261 e. The van der Waals surface area contributed by atoms with Gasteiger partial charge in [-0.2, -0.15) is 0 Å². The van der Waals surface area contributed by atoms with Crippen molar-refractivity contribution in [2.24, 2.45) is 21.8 Å². The van der Waals surface area contributed by atoms with Crippen LogP contribution in [0.25, 0.3) is 0 Å². The van der Waals surface area contributed by atoms with Gasteiger partial charge in [-0.1, -0.05) is 38.5 Å². The molecule has 0 aromatic heterocycles. The molecule has 0 unspecified atom stereocenters. The highest BCUT2D eigenvalue weighted by molar-refractivity contribution is 6.30. The average Bonchev–Trinajstić information content (AvgIpc) is 2.84. The van der Waals surface area contributed by atoms with E-state index in [1.54, 1.807) is 0 Å². The van der Waals surface area contributed by atoms with E-state index in [1.165, 1.54) is 64.2 Å². The van der Waals surface area contributed by atoms with Gasteiger partial charge in [-0.25, -0.2) is 0 Å². The van der Waals surface area contributed by atoms with Gasteiger partial charge in [-0.15, -0.1) is 0 Å². The molecular formula is C16H26N2. The summed E-state index contributed by atoms with van der Waals surface area (Å²) in [5.74, 6) is 1.45.